The van der Waals surface area contributed by atoms with Crippen LogP contribution in [0.25, 0.3) is 11.2 Å². The molecular weight excluding hydrogens is 444 g/mol. The van der Waals surface area contributed by atoms with Gasteiger partial charge >= 0.3 is 5.97 Å². The fraction of sp³-hybridized carbons (Fsp3) is 0.682. The molecule has 0 bridgehead atoms. The number of anilines is 1. The summed E-state index contributed by atoms with van der Waals surface area (Å²) in [6.45, 7) is 4.01. The number of carbonyl (C=O) groups excluding carboxylic acids is 2. The zero-order valence-electron chi connectivity index (χ0n) is 19.4. The highest BCUT2D eigenvalue weighted by atomic mass is 16.6. The molecule has 0 spiro atoms. The number of amides is 1. The van der Waals surface area contributed by atoms with Crippen LogP contribution in [0.5, 0.6) is 0 Å². The van der Waals surface area contributed by atoms with E-state index in [0.29, 0.717) is 48.4 Å². The molecule has 186 valence electrons. The number of imidazole rings is 1. The van der Waals surface area contributed by atoms with E-state index in [1.807, 2.05) is 0 Å². The predicted molar refractivity (Wildman–Crippen MR) is 120 cm³/mol. The van der Waals surface area contributed by atoms with Crippen molar-refractivity contribution in [1.29, 1.82) is 0 Å². The predicted octanol–water partition coefficient (Wildman–Crippen LogP) is 0.0758. The lowest BCUT2D eigenvalue weighted by Crippen LogP contribution is -2.42. The van der Waals surface area contributed by atoms with Gasteiger partial charge in [-0.3, -0.25) is 14.2 Å². The smallest absolute Gasteiger partial charge is 0.302 e. The summed E-state index contributed by atoms with van der Waals surface area (Å²) in [4.78, 5) is 36.6. The number of aromatic nitrogens is 4. The Morgan fingerprint density at radius 2 is 1.91 bits per heavy atom. The number of nitrogens with one attached hydrogen (secondary N) is 1. The Morgan fingerprint density at radius 1 is 1.21 bits per heavy atom. The number of hydrogen-bond acceptors (Lipinski definition) is 10. The summed E-state index contributed by atoms with van der Waals surface area (Å²) in [6, 6.07) is 0. The van der Waals surface area contributed by atoms with Crippen molar-refractivity contribution in [3.8, 4) is 0 Å². The van der Waals surface area contributed by atoms with Crippen molar-refractivity contribution in [2.45, 2.75) is 70.5 Å². The van der Waals surface area contributed by atoms with Gasteiger partial charge in [0.05, 0.1) is 12.9 Å². The molecule has 2 aromatic heterocycles. The Hall–Kier alpha value is -2.83. The number of aliphatic hydroxyl groups is 2. The minimum Gasteiger partial charge on any atom is -0.466 e. The van der Waals surface area contributed by atoms with Crippen molar-refractivity contribution in [3.63, 3.8) is 0 Å². The van der Waals surface area contributed by atoms with Crippen LogP contribution in [0.3, 0.4) is 0 Å². The number of nitrogens with zero attached hydrogens (tertiary/aromatic N) is 4. The lowest BCUT2D eigenvalue weighted by atomic mass is 9.81. The molecule has 5 N–H and O–H groups in total. The van der Waals surface area contributed by atoms with Gasteiger partial charge in [0.25, 0.3) is 5.91 Å². The molecule has 1 aliphatic carbocycles. The second kappa shape index (κ2) is 10.2. The number of fused-ring (bicyclic) bond motifs is 1. The molecule has 2 unspecified atom stereocenters. The number of rotatable bonds is 7. The van der Waals surface area contributed by atoms with Gasteiger partial charge in [-0.15, -0.1) is 0 Å². The normalized spacial score (nSPS) is 29.3. The zero-order chi connectivity index (χ0) is 24.4. The lowest BCUT2D eigenvalue weighted by Gasteiger charge is -2.27. The minimum absolute atomic E-state index is 0.218. The molecule has 4 rings (SSSR count). The van der Waals surface area contributed by atoms with Crippen LogP contribution < -0.4 is 11.1 Å². The first-order valence-corrected chi connectivity index (χ1v) is 11.7. The second-order valence-corrected chi connectivity index (χ2v) is 9.07. The number of nitrogens with two attached hydrogens (primary N) is 1. The van der Waals surface area contributed by atoms with Crippen molar-refractivity contribution in [3.05, 3.63) is 12.2 Å². The molecule has 34 heavy (non-hydrogen) atoms. The first kappa shape index (κ1) is 24.3. The van der Waals surface area contributed by atoms with E-state index in [1.54, 1.807) is 6.92 Å². The summed E-state index contributed by atoms with van der Waals surface area (Å²) in [5.74, 6) is 0.774. The van der Waals surface area contributed by atoms with Crippen LogP contribution in [-0.2, 0) is 25.5 Å². The molecule has 2 fully saturated rings. The van der Waals surface area contributed by atoms with E-state index in [4.69, 9.17) is 15.2 Å². The van der Waals surface area contributed by atoms with E-state index in [0.717, 1.165) is 25.7 Å². The summed E-state index contributed by atoms with van der Waals surface area (Å²) >= 11 is 0. The number of hydrogen-bond donors (Lipinski definition) is 4. The standard InChI is InChI=1S/C22H32N6O6/c1-3-24-21(32)18-16(30)17(31)22(34-18)28-10-25-15-19(23)26-14(27-20(15)28)8-12-4-6-13(7-5-12)9-33-11(2)29/h10,12-13,16-18,22,30-31H,3-9H2,1-2H3,(H,24,32)(H2,23,26,27)/t12?,13?,16?,17?,18-,22+/m0/s1. The molecule has 12 heteroatoms. The molecule has 1 amide bonds. The van der Waals surface area contributed by atoms with Crippen LogP contribution in [0.15, 0.2) is 6.33 Å². The Morgan fingerprint density at radius 3 is 2.59 bits per heavy atom. The number of ether oxygens (including phenoxy) is 2. The molecule has 1 saturated carbocycles. The quantitative estimate of drug-likeness (QED) is 0.400. The topological polar surface area (TPSA) is 175 Å². The summed E-state index contributed by atoms with van der Waals surface area (Å²) < 4.78 is 12.3. The maximum atomic E-state index is 12.2. The van der Waals surface area contributed by atoms with Crippen LogP contribution in [0.2, 0.25) is 0 Å². The molecule has 3 heterocycles. The molecular formula is C22H32N6O6. The largest absolute Gasteiger partial charge is 0.466 e. The summed E-state index contributed by atoms with van der Waals surface area (Å²) in [5, 5.41) is 23.5. The monoisotopic (exact) mass is 476 g/mol. The Labute approximate surface area is 196 Å². The van der Waals surface area contributed by atoms with Crippen LogP contribution >= 0.6 is 0 Å². The van der Waals surface area contributed by atoms with Gasteiger partial charge in [-0.2, -0.15) is 0 Å². The molecule has 12 nitrogen and oxygen atoms in total. The van der Waals surface area contributed by atoms with Gasteiger partial charge in [-0.05, 0) is 44.4 Å². The first-order valence-electron chi connectivity index (χ1n) is 11.7. The minimum atomic E-state index is -1.39. The molecule has 4 atom stereocenters. The van der Waals surface area contributed by atoms with E-state index in [1.165, 1.54) is 17.8 Å². The SMILES string of the molecule is CCNC(=O)[C@H]1O[C@@H](n2cnc3c(N)nc(CC4CCC(COC(C)=O)CC4)nc32)C(O)C1O. The van der Waals surface area contributed by atoms with Gasteiger partial charge in [0, 0.05) is 19.9 Å². The van der Waals surface area contributed by atoms with Gasteiger partial charge in [-0.25, -0.2) is 15.0 Å². The maximum Gasteiger partial charge on any atom is 0.302 e. The maximum absolute atomic E-state index is 12.2. The zero-order valence-corrected chi connectivity index (χ0v) is 19.4. The van der Waals surface area contributed by atoms with Crippen molar-refractivity contribution < 1.29 is 29.3 Å². The molecule has 0 radical (unpaired) electrons. The highest BCUT2D eigenvalue weighted by Crippen LogP contribution is 2.34. The second-order valence-electron chi connectivity index (χ2n) is 9.07. The Balaban J connectivity index is 1.49. The van der Waals surface area contributed by atoms with Crippen molar-refractivity contribution in [2.75, 3.05) is 18.9 Å². The van der Waals surface area contributed by atoms with Crippen molar-refractivity contribution in [2.24, 2.45) is 11.8 Å². The summed E-state index contributed by atoms with van der Waals surface area (Å²) in [7, 11) is 0. The molecule has 1 aliphatic heterocycles. The number of esters is 1. The van der Waals surface area contributed by atoms with Gasteiger partial charge < -0.3 is 30.7 Å². The van der Waals surface area contributed by atoms with Gasteiger partial charge in [-0.1, -0.05) is 0 Å². The number of likely N-dealkylation sites (N-methyl/N-ethyl adjacent to an activating group) is 1. The van der Waals surface area contributed by atoms with E-state index in [9.17, 15) is 19.8 Å². The van der Waals surface area contributed by atoms with Gasteiger partial charge in [0.2, 0.25) is 0 Å². The molecule has 1 saturated heterocycles. The van der Waals surface area contributed by atoms with Gasteiger partial charge in [0.15, 0.2) is 23.8 Å². The number of carbonyl (C=O) groups is 2. The van der Waals surface area contributed by atoms with Crippen LogP contribution in [0, 0.1) is 11.8 Å². The summed E-state index contributed by atoms with van der Waals surface area (Å²) in [5.41, 5.74) is 6.88. The lowest BCUT2D eigenvalue weighted by molar-refractivity contribution is -0.142. The Bertz CT molecular complexity index is 1040. The van der Waals surface area contributed by atoms with Crippen molar-refractivity contribution >= 4 is 28.9 Å². The average molecular weight is 477 g/mol. The first-order chi connectivity index (χ1) is 16.3. The third kappa shape index (κ3) is 4.98. The molecule has 2 aromatic rings. The van der Waals surface area contributed by atoms with Crippen molar-refractivity contribution in [1.82, 2.24) is 24.8 Å². The average Bonchev–Trinajstić information content (AvgIpc) is 3.35. The highest BCUT2D eigenvalue weighted by molar-refractivity contribution is 5.83. The summed E-state index contributed by atoms with van der Waals surface area (Å²) in [6.07, 6.45) is 0.916. The van der Waals surface area contributed by atoms with Crippen LogP contribution in [0.1, 0.15) is 51.6 Å². The van der Waals surface area contributed by atoms with Crippen LogP contribution in [-0.4, -0.2) is 73.1 Å². The van der Waals surface area contributed by atoms with Crippen LogP contribution in [0.4, 0.5) is 5.82 Å². The molecule has 0 aromatic carbocycles. The third-order valence-electron chi connectivity index (χ3n) is 6.58. The van der Waals surface area contributed by atoms with E-state index in [-0.39, 0.29) is 11.8 Å². The highest BCUT2D eigenvalue weighted by Gasteiger charge is 2.47. The van der Waals surface area contributed by atoms with Gasteiger partial charge in [0.1, 0.15) is 23.5 Å². The number of nitrogen functional groups attached to an aromatic ring is 1. The van der Waals surface area contributed by atoms with E-state index in [2.05, 4.69) is 20.3 Å². The number of aliphatic hydroxyl groups excluding tert-OH is 2. The third-order valence-corrected chi connectivity index (χ3v) is 6.58. The van der Waals surface area contributed by atoms with E-state index < -0.39 is 30.4 Å². The van der Waals surface area contributed by atoms with E-state index >= 15 is 0 Å². The Kier molecular flexibility index (Phi) is 7.29. The fourth-order valence-electron chi connectivity index (χ4n) is 4.74. The fourth-order valence-corrected chi connectivity index (χ4v) is 4.74. The molecule has 2 aliphatic rings.